The minimum Gasteiger partial charge on any atom is -0.607 e. The normalized spacial score (nSPS) is 21.2. The van der Waals surface area contributed by atoms with E-state index >= 15 is 0 Å². The lowest BCUT2D eigenvalue weighted by atomic mass is 10.4. The highest BCUT2D eigenvalue weighted by atomic mass is 32.2. The third-order valence-corrected chi connectivity index (χ3v) is 2.60. The molecule has 1 atom stereocenters. The van der Waals surface area contributed by atoms with E-state index in [-0.39, 0.29) is 0 Å². The fraction of sp³-hybridized carbons (Fsp3) is 0.429. The Kier molecular flexibility index (Phi) is 2.37. The fourth-order valence-corrected chi connectivity index (χ4v) is 1.77. The van der Waals surface area contributed by atoms with Crippen LogP contribution >= 0.6 is 0 Å². The van der Waals surface area contributed by atoms with Gasteiger partial charge in [0.25, 0.3) is 0 Å². The van der Waals surface area contributed by atoms with Gasteiger partial charge in [-0.1, -0.05) is 6.58 Å². The molecule has 1 aliphatic rings. The highest BCUT2D eigenvalue weighted by Crippen LogP contribution is 2.23. The van der Waals surface area contributed by atoms with Crippen molar-refractivity contribution < 1.29 is 4.55 Å². The molecule has 0 heterocycles. The van der Waals surface area contributed by atoms with Gasteiger partial charge >= 0.3 is 0 Å². The molecule has 0 aromatic carbocycles. The van der Waals surface area contributed by atoms with Gasteiger partial charge in [-0.15, -0.1) is 0 Å². The molecule has 1 rings (SSSR count). The SMILES string of the molecule is C=C[S+]([O-])C1=CCCC1. The van der Waals surface area contributed by atoms with E-state index in [1.54, 1.807) is 0 Å². The van der Waals surface area contributed by atoms with Gasteiger partial charge in [-0.05, 0) is 18.9 Å². The quantitative estimate of drug-likeness (QED) is 0.540. The van der Waals surface area contributed by atoms with Crippen molar-refractivity contribution in [2.24, 2.45) is 0 Å². The first-order chi connectivity index (χ1) is 4.34. The highest BCUT2D eigenvalue weighted by Gasteiger charge is 2.14. The van der Waals surface area contributed by atoms with Gasteiger partial charge in [-0.3, -0.25) is 0 Å². The molecule has 0 aliphatic heterocycles. The van der Waals surface area contributed by atoms with Crippen LogP contribution in [-0.4, -0.2) is 4.55 Å². The average Bonchev–Trinajstić information content (AvgIpc) is 2.37. The number of hydrogen-bond donors (Lipinski definition) is 0. The summed E-state index contributed by atoms with van der Waals surface area (Å²) in [4.78, 5) is 1.06. The van der Waals surface area contributed by atoms with Crippen molar-refractivity contribution in [3.05, 3.63) is 23.0 Å². The van der Waals surface area contributed by atoms with E-state index in [0.717, 1.165) is 24.2 Å². The summed E-state index contributed by atoms with van der Waals surface area (Å²) in [6.07, 6.45) is 5.31. The van der Waals surface area contributed by atoms with E-state index in [2.05, 4.69) is 12.7 Å². The van der Waals surface area contributed by atoms with Crippen LogP contribution in [0.25, 0.3) is 0 Å². The van der Waals surface area contributed by atoms with Crippen LogP contribution in [0.4, 0.5) is 0 Å². The zero-order valence-electron chi connectivity index (χ0n) is 5.30. The maximum atomic E-state index is 10.9. The van der Waals surface area contributed by atoms with E-state index < -0.39 is 11.2 Å². The summed E-state index contributed by atoms with van der Waals surface area (Å²) in [6.45, 7) is 3.46. The van der Waals surface area contributed by atoms with Crippen LogP contribution in [0.3, 0.4) is 0 Å². The van der Waals surface area contributed by atoms with Crippen LogP contribution in [0.5, 0.6) is 0 Å². The van der Waals surface area contributed by atoms with Crippen LogP contribution in [-0.2, 0) is 11.2 Å². The van der Waals surface area contributed by atoms with Gasteiger partial charge < -0.3 is 4.55 Å². The van der Waals surface area contributed by atoms with Crippen LogP contribution in [0, 0.1) is 0 Å². The van der Waals surface area contributed by atoms with Gasteiger partial charge in [0.15, 0.2) is 0 Å². The number of hydrogen-bond acceptors (Lipinski definition) is 1. The van der Waals surface area contributed by atoms with Crippen LogP contribution in [0.1, 0.15) is 19.3 Å². The minimum atomic E-state index is -0.877. The summed E-state index contributed by atoms with van der Waals surface area (Å²) >= 11 is -0.877. The van der Waals surface area contributed by atoms with E-state index in [1.807, 2.05) is 0 Å². The van der Waals surface area contributed by atoms with Crippen LogP contribution in [0.15, 0.2) is 23.0 Å². The zero-order chi connectivity index (χ0) is 6.69. The van der Waals surface area contributed by atoms with Crippen LogP contribution in [0.2, 0.25) is 0 Å². The molecule has 1 unspecified atom stereocenters. The Morgan fingerprint density at radius 2 is 2.56 bits per heavy atom. The Balaban J connectivity index is 2.50. The lowest BCUT2D eigenvalue weighted by molar-refractivity contribution is 0.608. The van der Waals surface area contributed by atoms with Gasteiger partial charge in [0, 0.05) is 17.6 Å². The Morgan fingerprint density at radius 1 is 1.78 bits per heavy atom. The first kappa shape index (κ1) is 6.90. The standard InChI is InChI=1S/C7H10OS/c1-2-9(8)7-5-3-4-6-7/h2,5H,1,3-4,6H2. The first-order valence-electron chi connectivity index (χ1n) is 3.07. The Hall–Kier alpha value is -0.210. The van der Waals surface area contributed by atoms with Crippen molar-refractivity contribution >= 4 is 11.2 Å². The molecule has 0 spiro atoms. The topological polar surface area (TPSA) is 23.1 Å². The van der Waals surface area contributed by atoms with Crippen molar-refractivity contribution in [2.45, 2.75) is 19.3 Å². The third kappa shape index (κ3) is 1.60. The monoisotopic (exact) mass is 142 g/mol. The maximum absolute atomic E-state index is 10.9. The molecule has 0 aromatic rings. The van der Waals surface area contributed by atoms with Crippen molar-refractivity contribution in [1.29, 1.82) is 0 Å². The first-order valence-corrected chi connectivity index (χ1v) is 4.28. The molecule has 0 saturated carbocycles. The molecule has 50 valence electrons. The average molecular weight is 142 g/mol. The third-order valence-electron chi connectivity index (χ3n) is 1.41. The molecule has 0 aromatic heterocycles. The van der Waals surface area contributed by atoms with Gasteiger partial charge in [0.1, 0.15) is 10.3 Å². The van der Waals surface area contributed by atoms with Crippen molar-refractivity contribution in [3.8, 4) is 0 Å². The minimum absolute atomic E-state index is 0.877. The number of allylic oxidation sites excluding steroid dienone is 2. The lowest BCUT2D eigenvalue weighted by Gasteiger charge is -2.02. The Labute approximate surface area is 58.6 Å². The summed E-state index contributed by atoms with van der Waals surface area (Å²) in [7, 11) is 0. The van der Waals surface area contributed by atoms with E-state index in [4.69, 9.17) is 0 Å². The van der Waals surface area contributed by atoms with Crippen molar-refractivity contribution in [1.82, 2.24) is 0 Å². The second-order valence-corrected chi connectivity index (χ2v) is 3.48. The molecule has 1 nitrogen and oxygen atoms in total. The molecule has 0 radical (unpaired) electrons. The molecule has 9 heavy (non-hydrogen) atoms. The second-order valence-electron chi connectivity index (χ2n) is 2.03. The summed E-state index contributed by atoms with van der Waals surface area (Å²) in [5, 5.41) is 1.50. The number of rotatable bonds is 2. The van der Waals surface area contributed by atoms with E-state index in [1.165, 1.54) is 5.41 Å². The van der Waals surface area contributed by atoms with Gasteiger partial charge in [0.2, 0.25) is 0 Å². The predicted octanol–water partition coefficient (Wildman–Crippen LogP) is 1.95. The molecule has 0 saturated heterocycles. The summed E-state index contributed by atoms with van der Waals surface area (Å²) < 4.78 is 10.9. The van der Waals surface area contributed by atoms with Gasteiger partial charge in [-0.2, -0.15) is 0 Å². The van der Waals surface area contributed by atoms with E-state index in [0.29, 0.717) is 0 Å². The van der Waals surface area contributed by atoms with Crippen LogP contribution < -0.4 is 0 Å². The molecule has 2 heteroatoms. The Bertz CT molecular complexity index is 140. The van der Waals surface area contributed by atoms with Gasteiger partial charge in [-0.25, -0.2) is 0 Å². The Morgan fingerprint density at radius 3 is 3.00 bits per heavy atom. The van der Waals surface area contributed by atoms with Gasteiger partial charge in [0.05, 0.1) is 0 Å². The smallest absolute Gasteiger partial charge is 0.130 e. The molecular formula is C7H10OS. The largest absolute Gasteiger partial charge is 0.607 e. The summed E-state index contributed by atoms with van der Waals surface area (Å²) in [5.74, 6) is 0. The molecule has 1 aliphatic carbocycles. The van der Waals surface area contributed by atoms with E-state index in [9.17, 15) is 4.55 Å². The molecule has 0 N–H and O–H groups in total. The summed E-state index contributed by atoms with van der Waals surface area (Å²) in [6, 6.07) is 0. The zero-order valence-corrected chi connectivity index (χ0v) is 6.12. The maximum Gasteiger partial charge on any atom is 0.130 e. The molecule has 0 bridgehead atoms. The molecule has 0 fully saturated rings. The summed E-state index contributed by atoms with van der Waals surface area (Å²) in [5.41, 5.74) is 0. The molecule has 0 amide bonds. The predicted molar refractivity (Wildman–Crippen MR) is 40.3 cm³/mol. The van der Waals surface area contributed by atoms with Crippen molar-refractivity contribution in [2.75, 3.05) is 0 Å². The highest BCUT2D eigenvalue weighted by molar-refractivity contribution is 7.98. The second kappa shape index (κ2) is 3.08. The van der Waals surface area contributed by atoms with Crippen molar-refractivity contribution in [3.63, 3.8) is 0 Å². The fourth-order valence-electron chi connectivity index (χ4n) is 0.931. The molecular weight excluding hydrogens is 132 g/mol. The lowest BCUT2D eigenvalue weighted by Crippen LogP contribution is -1.95.